The maximum atomic E-state index is 13.8. The summed E-state index contributed by atoms with van der Waals surface area (Å²) in [7, 11) is 0. The average Bonchev–Trinajstić information content (AvgIpc) is 3.98. The highest BCUT2D eigenvalue weighted by atomic mass is 32.1. The van der Waals surface area contributed by atoms with E-state index in [1.807, 2.05) is 38.1 Å². The van der Waals surface area contributed by atoms with Gasteiger partial charge in [0.25, 0.3) is 11.8 Å². The minimum absolute atomic E-state index is 0.221. The van der Waals surface area contributed by atoms with Crippen LogP contribution in [0.4, 0.5) is 0 Å². The predicted octanol–water partition coefficient (Wildman–Crippen LogP) is 14.0. The Morgan fingerprint density at radius 1 is 0.673 bits per heavy atom. The molecule has 0 saturated carbocycles. The Hall–Kier alpha value is -3.02. The van der Waals surface area contributed by atoms with Crippen molar-refractivity contribution in [1.29, 1.82) is 0 Å². The van der Waals surface area contributed by atoms with E-state index in [4.69, 9.17) is 13.6 Å². The summed E-state index contributed by atoms with van der Waals surface area (Å²) in [5.41, 5.74) is 0.984. The molecule has 52 heavy (non-hydrogen) atoms. The van der Waals surface area contributed by atoms with Crippen molar-refractivity contribution in [2.24, 2.45) is 5.92 Å². The lowest BCUT2D eigenvalue weighted by Gasteiger charge is -2.19. The monoisotopic (exact) mass is 775 g/mol. The Labute approximate surface area is 322 Å². The third kappa shape index (κ3) is 7.92. The minimum Gasteiger partial charge on any atom is -0.461 e. The zero-order chi connectivity index (χ0) is 36.2. The number of aryl methyl sites for hydroxylation is 2. The molecule has 6 aromatic heterocycles. The van der Waals surface area contributed by atoms with Crippen molar-refractivity contribution in [2.45, 2.75) is 105 Å². The second-order valence-electron chi connectivity index (χ2n) is 14.1. The zero-order valence-corrected chi connectivity index (χ0v) is 34.0. The van der Waals surface area contributed by atoms with E-state index in [0.717, 1.165) is 36.8 Å². The molecule has 7 heterocycles. The molecule has 10 heteroatoms. The van der Waals surface area contributed by atoms with Crippen molar-refractivity contribution >= 4 is 76.0 Å². The van der Waals surface area contributed by atoms with Gasteiger partial charge < -0.3 is 13.6 Å². The molecule has 1 aliphatic rings. The highest BCUT2D eigenvalue weighted by Gasteiger charge is 2.41. The molecule has 0 bridgehead atoms. The number of furan rings is 2. The van der Waals surface area contributed by atoms with Crippen LogP contribution in [0, 0.1) is 19.8 Å². The van der Waals surface area contributed by atoms with Gasteiger partial charge >= 0.3 is 0 Å². The number of rotatable bonds is 20. The molecule has 6 nitrogen and oxygen atoms in total. The summed E-state index contributed by atoms with van der Waals surface area (Å²) in [5.74, 6) is 3.28. The number of hydrogen-bond donors (Lipinski definition) is 0. The molecule has 1 unspecified atom stereocenters. The van der Waals surface area contributed by atoms with Crippen LogP contribution in [0.1, 0.15) is 122 Å². The van der Waals surface area contributed by atoms with Gasteiger partial charge in [-0.25, -0.2) is 0 Å². The predicted molar refractivity (Wildman–Crippen MR) is 220 cm³/mol. The lowest BCUT2D eigenvalue weighted by atomic mass is 9.95. The summed E-state index contributed by atoms with van der Waals surface area (Å²) in [4.78, 5) is 32.5. The van der Waals surface area contributed by atoms with E-state index in [1.54, 1.807) is 34.0 Å². The van der Waals surface area contributed by atoms with Crippen LogP contribution in [0.3, 0.4) is 0 Å². The highest BCUT2D eigenvalue weighted by Crippen LogP contribution is 2.49. The van der Waals surface area contributed by atoms with E-state index in [2.05, 4.69) is 26.0 Å². The van der Waals surface area contributed by atoms with Gasteiger partial charge in [-0.1, -0.05) is 78.1 Å². The third-order valence-electron chi connectivity index (χ3n) is 10.1. The molecular weight excluding hydrogens is 727 g/mol. The number of hydrogen-bond acceptors (Lipinski definition) is 9. The van der Waals surface area contributed by atoms with Crippen molar-refractivity contribution in [3.8, 4) is 31.9 Å². The Morgan fingerprint density at radius 2 is 1.25 bits per heavy atom. The lowest BCUT2D eigenvalue weighted by Crippen LogP contribution is -2.33. The van der Waals surface area contributed by atoms with Gasteiger partial charge in [0.15, 0.2) is 0 Å². The van der Waals surface area contributed by atoms with E-state index in [-0.39, 0.29) is 18.4 Å². The first-order valence-corrected chi connectivity index (χ1v) is 22.3. The van der Waals surface area contributed by atoms with Gasteiger partial charge in [-0.3, -0.25) is 14.5 Å². The largest absolute Gasteiger partial charge is 0.461 e. The second kappa shape index (κ2) is 17.0. The summed E-state index contributed by atoms with van der Waals surface area (Å²) in [6.07, 6.45) is 15.2. The molecule has 0 saturated heterocycles. The van der Waals surface area contributed by atoms with Crippen LogP contribution < -0.4 is 0 Å². The second-order valence-corrected chi connectivity index (χ2v) is 18.5. The van der Waals surface area contributed by atoms with Gasteiger partial charge in [-0.15, -0.1) is 45.3 Å². The molecule has 1 aliphatic heterocycles. The summed E-state index contributed by atoms with van der Waals surface area (Å²) < 4.78 is 23.5. The first-order valence-electron chi connectivity index (χ1n) is 19.1. The third-order valence-corrected chi connectivity index (χ3v) is 15.1. The fourth-order valence-corrected chi connectivity index (χ4v) is 12.3. The minimum atomic E-state index is -0.247. The van der Waals surface area contributed by atoms with E-state index in [0.29, 0.717) is 36.0 Å². The van der Waals surface area contributed by atoms with Crippen molar-refractivity contribution in [2.75, 3.05) is 19.8 Å². The van der Waals surface area contributed by atoms with Gasteiger partial charge in [0.05, 0.1) is 48.3 Å². The molecule has 0 spiro atoms. The van der Waals surface area contributed by atoms with Crippen LogP contribution in [0.2, 0.25) is 0 Å². The number of nitrogens with zero attached hydrogens (tertiary/aromatic N) is 1. The molecule has 1 atom stereocenters. The standard InChI is InChI=1S/C42H49NO5S4/c1-5-7-9-11-12-14-16-28(15-13-10-8-6-2)25-46-22-21-43-41(44)36-27(4)49-38(37(36)42(43)45)31-20-19-30(48-31)33-24-35-40(52-33)39-34(50-35)23-32(51-39)29-18-17-26(3)47-29/h17-20,23-24,28H,5-16,21-22,25H2,1-4H3. The first kappa shape index (κ1) is 37.3. The summed E-state index contributed by atoms with van der Waals surface area (Å²) in [6.45, 7) is 9.73. The smallest absolute Gasteiger partial charge is 0.263 e. The van der Waals surface area contributed by atoms with Gasteiger partial charge in [0.1, 0.15) is 23.0 Å². The molecule has 0 N–H and O–H groups in total. The van der Waals surface area contributed by atoms with Crippen LogP contribution in [-0.4, -0.2) is 36.5 Å². The van der Waals surface area contributed by atoms with Crippen molar-refractivity contribution < 1.29 is 23.2 Å². The van der Waals surface area contributed by atoms with Crippen LogP contribution in [-0.2, 0) is 4.74 Å². The number of amides is 2. The van der Waals surface area contributed by atoms with E-state index in [1.165, 1.54) is 112 Å². The van der Waals surface area contributed by atoms with Crippen LogP contribution in [0.15, 0.2) is 45.2 Å². The quantitative estimate of drug-likeness (QED) is 0.0570. The van der Waals surface area contributed by atoms with E-state index < -0.39 is 0 Å². The number of carbonyl (C=O) groups excluding carboxylic acids is 2. The molecule has 0 fully saturated rings. The van der Waals surface area contributed by atoms with E-state index >= 15 is 0 Å². The number of fused-ring (bicyclic) bond motifs is 4. The molecule has 6 aromatic rings. The Kier molecular flexibility index (Phi) is 12.2. The number of carbonyl (C=O) groups is 2. The average molecular weight is 776 g/mol. The molecule has 276 valence electrons. The van der Waals surface area contributed by atoms with Crippen molar-refractivity contribution in [1.82, 2.24) is 4.90 Å². The van der Waals surface area contributed by atoms with Crippen LogP contribution in [0.5, 0.6) is 0 Å². The number of unbranched alkanes of at least 4 members (excludes halogenated alkanes) is 8. The molecular formula is C42H49NO5S4. The molecule has 2 amide bonds. The zero-order valence-electron chi connectivity index (χ0n) is 30.8. The van der Waals surface area contributed by atoms with Gasteiger partial charge in [-0.2, -0.15) is 0 Å². The highest BCUT2D eigenvalue weighted by molar-refractivity contribution is 7.40. The Balaban J connectivity index is 0.990. The van der Waals surface area contributed by atoms with Crippen molar-refractivity contribution in [3.05, 3.63) is 58.2 Å². The summed E-state index contributed by atoms with van der Waals surface area (Å²) in [5, 5.41) is 0. The first-order chi connectivity index (χ1) is 25.4. The summed E-state index contributed by atoms with van der Waals surface area (Å²) in [6, 6.07) is 12.4. The number of ether oxygens (including phenoxy) is 1. The fraction of sp³-hybridized carbons (Fsp3) is 0.476. The van der Waals surface area contributed by atoms with Crippen LogP contribution in [0.25, 0.3) is 50.7 Å². The Morgan fingerprint density at radius 3 is 1.90 bits per heavy atom. The molecule has 0 aromatic carbocycles. The maximum Gasteiger partial charge on any atom is 0.263 e. The normalized spacial score (nSPS) is 13.8. The number of imide groups is 1. The van der Waals surface area contributed by atoms with E-state index in [9.17, 15) is 9.59 Å². The maximum absolute atomic E-state index is 13.8. The van der Waals surface area contributed by atoms with Crippen LogP contribution >= 0.6 is 45.3 Å². The molecule has 0 aliphatic carbocycles. The summed E-state index contributed by atoms with van der Waals surface area (Å²) >= 11 is 6.73. The molecule has 7 rings (SSSR count). The molecule has 0 radical (unpaired) electrons. The van der Waals surface area contributed by atoms with Gasteiger partial charge in [0, 0.05) is 20.9 Å². The Bertz CT molecular complexity index is 2140. The number of thiophene rings is 4. The fourth-order valence-electron chi connectivity index (χ4n) is 7.27. The van der Waals surface area contributed by atoms with Gasteiger partial charge in [0.2, 0.25) is 0 Å². The van der Waals surface area contributed by atoms with Crippen molar-refractivity contribution in [3.63, 3.8) is 0 Å². The van der Waals surface area contributed by atoms with Gasteiger partial charge in [-0.05, 0) is 69.0 Å². The lowest BCUT2D eigenvalue weighted by molar-refractivity contribution is 0.0501. The SMILES string of the molecule is CCCCCCCCC(CCCCCC)COCCN1C(=O)c2c(C)sc(-c3ccc(-c4cc5sc6cc(-c7ccc(C)o7)sc6c5s4)o3)c2C1=O. The topological polar surface area (TPSA) is 72.9 Å².